The van der Waals surface area contributed by atoms with Gasteiger partial charge in [-0.3, -0.25) is 14.4 Å². The monoisotopic (exact) mass is 423 g/mol. The maximum Gasteiger partial charge on any atom is 0.312 e. The Morgan fingerprint density at radius 1 is 1.03 bits per heavy atom. The number of nitrogens with zero attached hydrogens (tertiary/aromatic N) is 2. The number of amides is 3. The van der Waals surface area contributed by atoms with Gasteiger partial charge in [-0.1, -0.05) is 31.0 Å². The van der Waals surface area contributed by atoms with Crippen molar-refractivity contribution >= 4 is 23.4 Å². The Morgan fingerprint density at radius 3 is 2.45 bits per heavy atom. The molecule has 4 rings (SSSR count). The predicted molar refractivity (Wildman–Crippen MR) is 115 cm³/mol. The summed E-state index contributed by atoms with van der Waals surface area (Å²) in [5.74, 6) is -1.57. The van der Waals surface area contributed by atoms with E-state index in [9.17, 15) is 18.8 Å². The van der Waals surface area contributed by atoms with Gasteiger partial charge in [0.25, 0.3) is 5.91 Å². The van der Waals surface area contributed by atoms with Gasteiger partial charge in [0.05, 0.1) is 0 Å². The molecular weight excluding hydrogens is 397 g/mol. The van der Waals surface area contributed by atoms with Crippen molar-refractivity contribution in [2.24, 2.45) is 0 Å². The maximum atomic E-state index is 13.7. The maximum absolute atomic E-state index is 13.7. The van der Waals surface area contributed by atoms with E-state index in [1.54, 1.807) is 53.1 Å². The number of hydrogen-bond donors (Lipinski definition) is 1. The van der Waals surface area contributed by atoms with E-state index in [0.29, 0.717) is 36.4 Å². The van der Waals surface area contributed by atoms with Crippen LogP contribution in [0.1, 0.15) is 47.2 Å². The van der Waals surface area contributed by atoms with Crippen LogP contribution < -0.4 is 5.32 Å². The molecule has 0 bridgehead atoms. The Labute approximate surface area is 181 Å². The Balaban J connectivity index is 1.37. The number of carbonyl (C=O) groups excluding carboxylic acids is 3. The van der Waals surface area contributed by atoms with Crippen molar-refractivity contribution in [2.75, 3.05) is 18.4 Å². The molecule has 6 nitrogen and oxygen atoms in total. The van der Waals surface area contributed by atoms with Crippen molar-refractivity contribution in [3.8, 4) is 0 Å². The Hall–Kier alpha value is -3.22. The first kappa shape index (κ1) is 21.0. The number of anilines is 1. The lowest BCUT2D eigenvalue weighted by molar-refractivity contribution is -0.158. The van der Waals surface area contributed by atoms with Crippen LogP contribution in [0.5, 0.6) is 0 Å². The average Bonchev–Trinajstić information content (AvgIpc) is 3.30. The van der Waals surface area contributed by atoms with Crippen LogP contribution in [0.25, 0.3) is 0 Å². The normalized spacial score (nSPS) is 17.4. The molecule has 0 unspecified atom stereocenters. The molecule has 3 amide bonds. The molecule has 2 aliphatic rings. The molecular formula is C24H26FN3O3. The van der Waals surface area contributed by atoms with Crippen molar-refractivity contribution in [1.82, 2.24) is 9.80 Å². The quantitative estimate of drug-likeness (QED) is 0.749. The first-order valence-electron chi connectivity index (χ1n) is 10.7. The fourth-order valence-corrected chi connectivity index (χ4v) is 4.32. The van der Waals surface area contributed by atoms with Crippen LogP contribution in [0.4, 0.5) is 10.1 Å². The number of rotatable bonds is 5. The fourth-order valence-electron chi connectivity index (χ4n) is 4.32. The molecule has 0 atom stereocenters. The summed E-state index contributed by atoms with van der Waals surface area (Å²) in [6, 6.07) is 11.6. The smallest absolute Gasteiger partial charge is 0.312 e. The predicted octanol–water partition coefficient (Wildman–Crippen LogP) is 3.50. The summed E-state index contributed by atoms with van der Waals surface area (Å²) in [5.41, 5.74) is 2.08. The van der Waals surface area contributed by atoms with E-state index in [1.807, 2.05) is 0 Å². The number of carbonyl (C=O) groups is 3. The lowest BCUT2D eigenvalue weighted by Crippen LogP contribution is -2.56. The minimum absolute atomic E-state index is 0.207. The minimum atomic E-state index is -0.457. The lowest BCUT2D eigenvalue weighted by Gasteiger charge is -2.37. The molecule has 1 aliphatic heterocycles. The van der Waals surface area contributed by atoms with Gasteiger partial charge >= 0.3 is 11.8 Å². The van der Waals surface area contributed by atoms with Gasteiger partial charge in [0.2, 0.25) is 0 Å². The van der Waals surface area contributed by atoms with E-state index in [0.717, 1.165) is 31.2 Å². The van der Waals surface area contributed by atoms with E-state index >= 15 is 0 Å². The molecule has 2 fully saturated rings. The van der Waals surface area contributed by atoms with E-state index < -0.39 is 11.8 Å². The summed E-state index contributed by atoms with van der Waals surface area (Å²) in [6.45, 7) is 3.03. The molecule has 31 heavy (non-hydrogen) atoms. The first-order chi connectivity index (χ1) is 14.9. The molecule has 1 saturated carbocycles. The first-order valence-corrected chi connectivity index (χ1v) is 10.7. The summed E-state index contributed by atoms with van der Waals surface area (Å²) >= 11 is 0. The second-order valence-corrected chi connectivity index (χ2v) is 8.23. The van der Waals surface area contributed by atoms with Gasteiger partial charge in [-0.2, -0.15) is 0 Å². The van der Waals surface area contributed by atoms with Crippen molar-refractivity contribution in [3.05, 3.63) is 65.0 Å². The second-order valence-electron chi connectivity index (χ2n) is 8.23. The number of benzene rings is 2. The molecule has 1 aliphatic carbocycles. The topological polar surface area (TPSA) is 69.7 Å². The van der Waals surface area contributed by atoms with E-state index in [2.05, 4.69) is 5.32 Å². The molecule has 2 aromatic rings. The Kier molecular flexibility index (Phi) is 6.02. The molecule has 162 valence electrons. The molecule has 1 heterocycles. The highest BCUT2D eigenvalue weighted by atomic mass is 19.1. The Morgan fingerprint density at radius 2 is 1.74 bits per heavy atom. The third-order valence-corrected chi connectivity index (χ3v) is 6.21. The summed E-state index contributed by atoms with van der Waals surface area (Å²) in [4.78, 5) is 40.9. The zero-order valence-corrected chi connectivity index (χ0v) is 17.6. The molecule has 7 heteroatoms. The van der Waals surface area contributed by atoms with Gasteiger partial charge in [-0.05, 0) is 49.6 Å². The zero-order chi connectivity index (χ0) is 22.0. The van der Waals surface area contributed by atoms with Crippen molar-refractivity contribution < 1.29 is 18.8 Å². The van der Waals surface area contributed by atoms with Crippen LogP contribution in [0, 0.1) is 12.7 Å². The SMILES string of the molecule is Cc1c(F)cccc1NC(=O)c1ccc(CN2CCN(C3CCCC3)C(=O)C2=O)cc1. The van der Waals surface area contributed by atoms with Crippen LogP contribution in [0.2, 0.25) is 0 Å². The average molecular weight is 423 g/mol. The largest absolute Gasteiger partial charge is 0.330 e. The summed E-state index contributed by atoms with van der Waals surface area (Å²) < 4.78 is 13.7. The molecule has 2 aromatic carbocycles. The van der Waals surface area contributed by atoms with Crippen molar-refractivity contribution in [1.29, 1.82) is 0 Å². The molecule has 0 radical (unpaired) electrons. The Bertz CT molecular complexity index is 1000. The van der Waals surface area contributed by atoms with Gasteiger partial charge in [0.15, 0.2) is 0 Å². The van der Waals surface area contributed by atoms with Crippen molar-refractivity contribution in [3.63, 3.8) is 0 Å². The van der Waals surface area contributed by atoms with Crippen LogP contribution in [-0.2, 0) is 16.1 Å². The van der Waals surface area contributed by atoms with Gasteiger partial charge in [-0.15, -0.1) is 0 Å². The lowest BCUT2D eigenvalue weighted by atomic mass is 10.1. The molecule has 1 saturated heterocycles. The van der Waals surface area contributed by atoms with Gasteiger partial charge in [0.1, 0.15) is 5.82 Å². The van der Waals surface area contributed by atoms with Crippen LogP contribution in [0.3, 0.4) is 0 Å². The molecule has 0 spiro atoms. The fraction of sp³-hybridized carbons (Fsp3) is 0.375. The van der Waals surface area contributed by atoms with E-state index in [-0.39, 0.29) is 17.8 Å². The van der Waals surface area contributed by atoms with Crippen molar-refractivity contribution in [2.45, 2.75) is 45.2 Å². The molecule has 0 aromatic heterocycles. The number of halogens is 1. The standard InChI is InChI=1S/C24H26FN3O3/c1-16-20(25)7-4-8-21(16)26-22(29)18-11-9-17(10-12-18)15-27-13-14-28(24(31)23(27)30)19-5-2-3-6-19/h4,7-12,19H,2-3,5-6,13-15H2,1H3,(H,26,29). The van der Waals surface area contributed by atoms with Gasteiger partial charge in [-0.25, -0.2) is 4.39 Å². The number of nitrogens with one attached hydrogen (secondary N) is 1. The second kappa shape index (κ2) is 8.88. The van der Waals surface area contributed by atoms with E-state index in [1.165, 1.54) is 6.07 Å². The third-order valence-electron chi connectivity index (χ3n) is 6.21. The van der Waals surface area contributed by atoms with Crippen LogP contribution in [-0.4, -0.2) is 46.7 Å². The number of hydrogen-bond acceptors (Lipinski definition) is 3. The highest BCUT2D eigenvalue weighted by Gasteiger charge is 2.37. The summed E-state index contributed by atoms with van der Waals surface area (Å²) in [7, 11) is 0. The summed E-state index contributed by atoms with van der Waals surface area (Å²) in [6.07, 6.45) is 4.20. The number of piperazine rings is 1. The van der Waals surface area contributed by atoms with Gasteiger partial charge < -0.3 is 15.1 Å². The van der Waals surface area contributed by atoms with E-state index in [4.69, 9.17) is 0 Å². The van der Waals surface area contributed by atoms with Crippen LogP contribution in [0.15, 0.2) is 42.5 Å². The van der Waals surface area contributed by atoms with Gasteiger partial charge in [0, 0.05) is 42.5 Å². The highest BCUT2D eigenvalue weighted by molar-refractivity contribution is 6.35. The molecule has 1 N–H and O–H groups in total. The summed E-state index contributed by atoms with van der Waals surface area (Å²) in [5, 5.41) is 2.72. The zero-order valence-electron chi connectivity index (χ0n) is 17.6. The third kappa shape index (κ3) is 4.45. The highest BCUT2D eigenvalue weighted by Crippen LogP contribution is 2.25. The van der Waals surface area contributed by atoms with Crippen LogP contribution >= 0.6 is 0 Å². The minimum Gasteiger partial charge on any atom is -0.330 e.